The molecule has 0 aliphatic rings. The first kappa shape index (κ1) is 20.5. The molecule has 0 saturated carbocycles. The Morgan fingerprint density at radius 3 is 2.68 bits per heavy atom. The lowest BCUT2D eigenvalue weighted by Crippen LogP contribution is -2.26. The second-order valence-electron chi connectivity index (χ2n) is 7.06. The molecule has 8 heteroatoms. The third-order valence-electron chi connectivity index (χ3n) is 4.92. The summed E-state index contributed by atoms with van der Waals surface area (Å²) in [6.07, 6.45) is 0.553. The lowest BCUT2D eigenvalue weighted by molar-refractivity contribution is -0.121. The van der Waals surface area contributed by atoms with E-state index < -0.39 is 0 Å². The van der Waals surface area contributed by atoms with Gasteiger partial charge in [-0.3, -0.25) is 4.79 Å². The molecule has 0 radical (unpaired) electrons. The van der Waals surface area contributed by atoms with Crippen molar-refractivity contribution in [3.8, 4) is 22.9 Å². The first-order valence-electron chi connectivity index (χ1n) is 9.90. The highest BCUT2D eigenvalue weighted by molar-refractivity contribution is 5.79. The van der Waals surface area contributed by atoms with Gasteiger partial charge in [0.25, 0.3) is 0 Å². The minimum Gasteiger partial charge on any atom is -0.493 e. The molecule has 2 aromatic carbocycles. The van der Waals surface area contributed by atoms with E-state index in [4.69, 9.17) is 18.4 Å². The molecular formula is C23H23N3O5. The third-order valence-corrected chi connectivity index (χ3v) is 4.92. The summed E-state index contributed by atoms with van der Waals surface area (Å²) in [5, 5.41) is 7.95. The van der Waals surface area contributed by atoms with Gasteiger partial charge in [0.15, 0.2) is 11.5 Å². The van der Waals surface area contributed by atoms with Crippen LogP contribution < -0.4 is 14.8 Å². The number of methoxy groups -OCH3 is 2. The fourth-order valence-corrected chi connectivity index (χ4v) is 3.27. The number of nitrogens with zero attached hydrogens (tertiary/aromatic N) is 2. The fraction of sp³-hybridized carbons (Fsp3) is 0.261. The normalized spacial score (nSPS) is 12.0. The van der Waals surface area contributed by atoms with Crippen LogP contribution in [0.2, 0.25) is 0 Å². The Bertz CT molecular complexity index is 1160. The molecule has 0 bridgehead atoms. The van der Waals surface area contributed by atoms with Crippen molar-refractivity contribution in [1.82, 2.24) is 15.5 Å². The van der Waals surface area contributed by atoms with Gasteiger partial charge in [-0.05, 0) is 37.3 Å². The summed E-state index contributed by atoms with van der Waals surface area (Å²) in [4.78, 5) is 16.7. The summed E-state index contributed by atoms with van der Waals surface area (Å²) >= 11 is 0. The molecule has 0 unspecified atom stereocenters. The maximum atomic E-state index is 12.4. The SMILES string of the molecule is COc1ccc(-c2noc(CCC(=O)N[C@@H](C)c3cc4ccccc4o3)n2)cc1OC. The number of nitrogens with one attached hydrogen (secondary N) is 1. The van der Waals surface area contributed by atoms with Gasteiger partial charge in [0, 0.05) is 23.8 Å². The summed E-state index contributed by atoms with van der Waals surface area (Å²) in [5.41, 5.74) is 1.53. The van der Waals surface area contributed by atoms with Crippen molar-refractivity contribution in [3.63, 3.8) is 0 Å². The average Bonchev–Trinajstić information content (AvgIpc) is 3.44. The number of hydrogen-bond acceptors (Lipinski definition) is 7. The number of ether oxygens (including phenoxy) is 2. The molecular weight excluding hydrogens is 398 g/mol. The molecule has 8 nitrogen and oxygen atoms in total. The van der Waals surface area contributed by atoms with Crippen LogP contribution >= 0.6 is 0 Å². The summed E-state index contributed by atoms with van der Waals surface area (Å²) < 4.78 is 21.6. The Kier molecular flexibility index (Phi) is 5.88. The van der Waals surface area contributed by atoms with Gasteiger partial charge in [0.2, 0.25) is 17.6 Å². The van der Waals surface area contributed by atoms with Gasteiger partial charge < -0.3 is 23.7 Å². The fourth-order valence-electron chi connectivity index (χ4n) is 3.27. The van der Waals surface area contributed by atoms with E-state index >= 15 is 0 Å². The Morgan fingerprint density at radius 2 is 1.90 bits per heavy atom. The minimum absolute atomic E-state index is 0.126. The predicted octanol–water partition coefficient (Wildman–Crippen LogP) is 4.31. The first-order chi connectivity index (χ1) is 15.1. The number of carbonyl (C=O) groups excluding carboxylic acids is 1. The van der Waals surface area contributed by atoms with E-state index in [1.165, 1.54) is 0 Å². The number of amides is 1. The minimum atomic E-state index is -0.245. The number of carbonyl (C=O) groups is 1. The predicted molar refractivity (Wildman–Crippen MR) is 114 cm³/mol. The summed E-state index contributed by atoms with van der Waals surface area (Å²) in [6.45, 7) is 1.89. The van der Waals surface area contributed by atoms with Gasteiger partial charge in [-0.15, -0.1) is 0 Å². The lowest BCUT2D eigenvalue weighted by Gasteiger charge is -2.10. The zero-order valence-electron chi connectivity index (χ0n) is 17.5. The van der Waals surface area contributed by atoms with Gasteiger partial charge in [0.1, 0.15) is 11.3 Å². The molecule has 1 atom stereocenters. The largest absolute Gasteiger partial charge is 0.493 e. The number of hydrogen-bond donors (Lipinski definition) is 1. The van der Waals surface area contributed by atoms with Crippen LogP contribution in [0.1, 0.15) is 31.0 Å². The molecule has 31 heavy (non-hydrogen) atoms. The quantitative estimate of drug-likeness (QED) is 0.452. The van der Waals surface area contributed by atoms with E-state index in [1.807, 2.05) is 43.3 Å². The average molecular weight is 421 g/mol. The second kappa shape index (κ2) is 8.91. The molecule has 0 fully saturated rings. The van der Waals surface area contributed by atoms with Gasteiger partial charge >= 0.3 is 0 Å². The number of aromatic nitrogens is 2. The summed E-state index contributed by atoms with van der Waals surface area (Å²) in [5.74, 6) is 2.58. The molecule has 160 valence electrons. The lowest BCUT2D eigenvalue weighted by atomic mass is 10.2. The van der Waals surface area contributed by atoms with Gasteiger partial charge in [-0.2, -0.15) is 4.98 Å². The number of benzene rings is 2. The highest BCUT2D eigenvalue weighted by atomic mass is 16.5. The van der Waals surface area contributed by atoms with Crippen LogP contribution in [0.15, 0.2) is 57.5 Å². The molecule has 1 N–H and O–H groups in total. The van der Waals surface area contributed by atoms with Crippen molar-refractivity contribution in [3.05, 3.63) is 60.2 Å². The van der Waals surface area contributed by atoms with E-state index in [1.54, 1.807) is 26.4 Å². The van der Waals surface area contributed by atoms with Crippen molar-refractivity contribution in [1.29, 1.82) is 0 Å². The van der Waals surface area contributed by atoms with Crippen LogP contribution in [0, 0.1) is 0 Å². The van der Waals surface area contributed by atoms with Gasteiger partial charge in [-0.25, -0.2) is 0 Å². The van der Waals surface area contributed by atoms with E-state index in [0.717, 1.165) is 16.5 Å². The number of para-hydroxylation sites is 1. The van der Waals surface area contributed by atoms with Crippen LogP contribution in [-0.4, -0.2) is 30.3 Å². The zero-order valence-corrected chi connectivity index (χ0v) is 17.5. The molecule has 0 saturated heterocycles. The number of aryl methyl sites for hydroxylation is 1. The standard InChI is InChI=1S/C23H23N3O5/c1-14(19-12-15-6-4-5-7-17(15)30-19)24-21(27)10-11-22-25-23(26-31-22)16-8-9-18(28-2)20(13-16)29-3/h4-9,12-14H,10-11H2,1-3H3,(H,24,27)/t14-/m0/s1. The van der Waals surface area contributed by atoms with Crippen molar-refractivity contribution in [2.45, 2.75) is 25.8 Å². The topological polar surface area (TPSA) is 99.6 Å². The van der Waals surface area contributed by atoms with Crippen LogP contribution in [0.25, 0.3) is 22.4 Å². The molecule has 4 rings (SSSR count). The highest BCUT2D eigenvalue weighted by Gasteiger charge is 2.16. The van der Waals surface area contributed by atoms with Crippen LogP contribution in [0.4, 0.5) is 0 Å². The first-order valence-corrected chi connectivity index (χ1v) is 9.90. The number of fused-ring (bicyclic) bond motifs is 1. The molecule has 0 aliphatic heterocycles. The van der Waals surface area contributed by atoms with Crippen molar-refractivity contribution < 1.29 is 23.2 Å². The van der Waals surface area contributed by atoms with Crippen LogP contribution in [-0.2, 0) is 11.2 Å². The zero-order chi connectivity index (χ0) is 21.8. The molecule has 0 aliphatic carbocycles. The Morgan fingerprint density at radius 1 is 1.10 bits per heavy atom. The number of furan rings is 1. The summed E-state index contributed by atoms with van der Waals surface area (Å²) in [6, 6.07) is 14.8. The van der Waals surface area contributed by atoms with Crippen LogP contribution in [0.3, 0.4) is 0 Å². The second-order valence-corrected chi connectivity index (χ2v) is 7.06. The molecule has 0 spiro atoms. The smallest absolute Gasteiger partial charge is 0.227 e. The molecule has 4 aromatic rings. The Balaban J connectivity index is 1.35. The van der Waals surface area contributed by atoms with Crippen molar-refractivity contribution >= 4 is 16.9 Å². The maximum Gasteiger partial charge on any atom is 0.227 e. The maximum absolute atomic E-state index is 12.4. The van der Waals surface area contributed by atoms with E-state index in [-0.39, 0.29) is 18.4 Å². The monoisotopic (exact) mass is 421 g/mol. The van der Waals surface area contributed by atoms with Gasteiger partial charge in [0.05, 0.1) is 20.3 Å². The molecule has 2 heterocycles. The molecule has 1 amide bonds. The van der Waals surface area contributed by atoms with E-state index in [2.05, 4.69) is 15.5 Å². The van der Waals surface area contributed by atoms with E-state index in [0.29, 0.717) is 35.4 Å². The highest BCUT2D eigenvalue weighted by Crippen LogP contribution is 2.31. The van der Waals surface area contributed by atoms with E-state index in [9.17, 15) is 4.79 Å². The van der Waals surface area contributed by atoms with Crippen molar-refractivity contribution in [2.24, 2.45) is 0 Å². The van der Waals surface area contributed by atoms with Crippen molar-refractivity contribution in [2.75, 3.05) is 14.2 Å². The summed E-state index contributed by atoms with van der Waals surface area (Å²) in [7, 11) is 3.14. The molecule has 2 aromatic heterocycles. The third kappa shape index (κ3) is 4.53. The number of rotatable bonds is 8. The Hall–Kier alpha value is -3.81. The Labute approximate surface area is 179 Å². The van der Waals surface area contributed by atoms with Crippen LogP contribution in [0.5, 0.6) is 11.5 Å². The van der Waals surface area contributed by atoms with Gasteiger partial charge in [-0.1, -0.05) is 23.4 Å².